The molecular formula is C12H19NO3S. The topological polar surface area (TPSA) is 55.4 Å². The van der Waals surface area contributed by atoms with Crippen LogP contribution in [-0.4, -0.2) is 33.1 Å². The Balaban J connectivity index is 2.46. The number of benzene rings is 1. The fourth-order valence-corrected chi connectivity index (χ4v) is 2.14. The van der Waals surface area contributed by atoms with Gasteiger partial charge in [-0.25, -0.2) is 8.42 Å². The molecule has 0 bridgehead atoms. The number of sulfone groups is 1. The average Bonchev–Trinajstić information content (AvgIpc) is 2.29. The molecule has 0 aliphatic carbocycles. The van der Waals surface area contributed by atoms with Gasteiger partial charge in [-0.1, -0.05) is 0 Å². The number of ether oxygens (including phenoxy) is 1. The summed E-state index contributed by atoms with van der Waals surface area (Å²) < 4.78 is 28.2. The van der Waals surface area contributed by atoms with Gasteiger partial charge in [0.1, 0.15) is 5.75 Å². The lowest BCUT2D eigenvalue weighted by Gasteiger charge is -2.10. The highest BCUT2D eigenvalue weighted by Crippen LogP contribution is 2.14. The van der Waals surface area contributed by atoms with Crippen molar-refractivity contribution in [2.75, 3.05) is 24.7 Å². The Bertz CT molecular complexity index is 437. The van der Waals surface area contributed by atoms with Crippen LogP contribution in [0.5, 0.6) is 5.75 Å². The second-order valence-electron chi connectivity index (χ2n) is 4.07. The summed E-state index contributed by atoms with van der Waals surface area (Å²) >= 11 is 0. The van der Waals surface area contributed by atoms with Gasteiger partial charge in [0.15, 0.2) is 9.84 Å². The predicted octanol–water partition coefficient (Wildman–Crippen LogP) is 1.93. The van der Waals surface area contributed by atoms with E-state index in [0.29, 0.717) is 6.54 Å². The zero-order valence-electron chi connectivity index (χ0n) is 10.4. The minimum absolute atomic E-state index is 0.149. The summed E-state index contributed by atoms with van der Waals surface area (Å²) in [5.74, 6) is 0.932. The third-order valence-electron chi connectivity index (χ3n) is 2.52. The molecule has 0 saturated carbocycles. The molecule has 4 nitrogen and oxygen atoms in total. The van der Waals surface area contributed by atoms with Gasteiger partial charge in [0.05, 0.1) is 18.1 Å². The lowest BCUT2D eigenvalue weighted by Crippen LogP contribution is -2.22. The Morgan fingerprint density at radius 1 is 1.24 bits per heavy atom. The standard InChI is InChI=1S/C12H19NO3S/c1-10(2)17(14,15)9-8-13-11-4-6-12(16-3)7-5-11/h4-7,10,13H,8-9H2,1-3H3. The average molecular weight is 257 g/mol. The van der Waals surface area contributed by atoms with E-state index < -0.39 is 9.84 Å². The number of methoxy groups -OCH3 is 1. The number of hydrogen-bond donors (Lipinski definition) is 1. The molecule has 0 unspecified atom stereocenters. The first-order valence-electron chi connectivity index (χ1n) is 5.55. The third-order valence-corrected chi connectivity index (χ3v) is 4.73. The van der Waals surface area contributed by atoms with Gasteiger partial charge in [-0.15, -0.1) is 0 Å². The summed E-state index contributed by atoms with van der Waals surface area (Å²) in [4.78, 5) is 0. The molecule has 1 N–H and O–H groups in total. The monoisotopic (exact) mass is 257 g/mol. The van der Waals surface area contributed by atoms with Crippen LogP contribution in [-0.2, 0) is 9.84 Å². The highest BCUT2D eigenvalue weighted by Gasteiger charge is 2.14. The summed E-state index contributed by atoms with van der Waals surface area (Å²) in [5, 5.41) is 2.75. The summed E-state index contributed by atoms with van der Waals surface area (Å²) in [6.45, 7) is 3.82. The molecule has 17 heavy (non-hydrogen) atoms. The van der Waals surface area contributed by atoms with Crippen molar-refractivity contribution >= 4 is 15.5 Å². The lowest BCUT2D eigenvalue weighted by atomic mass is 10.3. The Kier molecular flexibility index (Phi) is 4.81. The zero-order valence-corrected chi connectivity index (χ0v) is 11.3. The van der Waals surface area contributed by atoms with Gasteiger partial charge in [-0.2, -0.15) is 0 Å². The predicted molar refractivity (Wildman–Crippen MR) is 70.4 cm³/mol. The molecule has 0 fully saturated rings. The van der Waals surface area contributed by atoms with E-state index in [1.807, 2.05) is 24.3 Å². The fraction of sp³-hybridized carbons (Fsp3) is 0.500. The Morgan fingerprint density at radius 3 is 2.29 bits per heavy atom. The van der Waals surface area contributed by atoms with Crippen LogP contribution < -0.4 is 10.1 Å². The first-order valence-corrected chi connectivity index (χ1v) is 7.27. The van der Waals surface area contributed by atoms with Gasteiger partial charge in [0.25, 0.3) is 0 Å². The molecule has 5 heteroatoms. The van der Waals surface area contributed by atoms with Gasteiger partial charge >= 0.3 is 0 Å². The lowest BCUT2D eigenvalue weighted by molar-refractivity contribution is 0.415. The first kappa shape index (κ1) is 13.8. The van der Waals surface area contributed by atoms with Crippen molar-refractivity contribution in [2.24, 2.45) is 0 Å². The molecule has 0 aromatic heterocycles. The van der Waals surface area contributed by atoms with Gasteiger partial charge in [-0.3, -0.25) is 0 Å². The number of anilines is 1. The van der Waals surface area contributed by atoms with E-state index in [2.05, 4.69) is 5.32 Å². The van der Waals surface area contributed by atoms with E-state index in [9.17, 15) is 8.42 Å². The van der Waals surface area contributed by atoms with E-state index in [4.69, 9.17) is 4.74 Å². The molecule has 0 radical (unpaired) electrons. The van der Waals surface area contributed by atoms with Gasteiger partial charge in [-0.05, 0) is 38.1 Å². The molecule has 1 aromatic carbocycles. The second-order valence-corrected chi connectivity index (χ2v) is 6.75. The SMILES string of the molecule is COc1ccc(NCCS(=O)(=O)C(C)C)cc1. The van der Waals surface area contributed by atoms with E-state index in [1.54, 1.807) is 21.0 Å². The molecule has 0 saturated heterocycles. The van der Waals surface area contributed by atoms with Crippen molar-refractivity contribution in [3.63, 3.8) is 0 Å². The Morgan fingerprint density at radius 2 is 1.82 bits per heavy atom. The van der Waals surface area contributed by atoms with E-state index in [0.717, 1.165) is 11.4 Å². The van der Waals surface area contributed by atoms with Crippen LogP contribution in [0.3, 0.4) is 0 Å². The molecule has 0 atom stereocenters. The van der Waals surface area contributed by atoms with Crippen LogP contribution in [0.4, 0.5) is 5.69 Å². The molecule has 0 aliphatic heterocycles. The fourth-order valence-electron chi connectivity index (χ4n) is 1.28. The van der Waals surface area contributed by atoms with Gasteiger partial charge in [0.2, 0.25) is 0 Å². The quantitative estimate of drug-likeness (QED) is 0.846. The van der Waals surface area contributed by atoms with E-state index in [1.165, 1.54) is 0 Å². The van der Waals surface area contributed by atoms with Crippen LogP contribution in [0.15, 0.2) is 24.3 Å². The third kappa shape index (κ3) is 4.26. The maximum Gasteiger partial charge on any atom is 0.154 e. The second kappa shape index (κ2) is 5.91. The van der Waals surface area contributed by atoms with Gasteiger partial charge in [0, 0.05) is 12.2 Å². The Hall–Kier alpha value is -1.23. The molecule has 0 aliphatic rings. The molecule has 1 aromatic rings. The smallest absolute Gasteiger partial charge is 0.154 e. The summed E-state index contributed by atoms with van der Waals surface area (Å²) in [6.07, 6.45) is 0. The normalized spacial score (nSPS) is 11.5. The highest BCUT2D eigenvalue weighted by atomic mass is 32.2. The summed E-state index contributed by atoms with van der Waals surface area (Å²) in [7, 11) is -1.36. The van der Waals surface area contributed by atoms with Crippen molar-refractivity contribution in [3.8, 4) is 5.75 Å². The number of nitrogens with one attached hydrogen (secondary N) is 1. The highest BCUT2D eigenvalue weighted by molar-refractivity contribution is 7.92. The van der Waals surface area contributed by atoms with Crippen molar-refractivity contribution in [1.29, 1.82) is 0 Å². The van der Waals surface area contributed by atoms with Crippen LogP contribution in [0.25, 0.3) is 0 Å². The van der Waals surface area contributed by atoms with Crippen LogP contribution in [0.2, 0.25) is 0 Å². The molecule has 96 valence electrons. The van der Waals surface area contributed by atoms with E-state index in [-0.39, 0.29) is 11.0 Å². The van der Waals surface area contributed by atoms with Crippen LogP contribution >= 0.6 is 0 Å². The Labute approximate surface area is 103 Å². The minimum Gasteiger partial charge on any atom is -0.497 e. The van der Waals surface area contributed by atoms with Crippen molar-refractivity contribution in [1.82, 2.24) is 0 Å². The zero-order chi connectivity index (χ0) is 12.9. The molecular weight excluding hydrogens is 238 g/mol. The maximum atomic E-state index is 11.6. The van der Waals surface area contributed by atoms with E-state index >= 15 is 0 Å². The number of rotatable bonds is 6. The molecule has 0 amide bonds. The largest absolute Gasteiger partial charge is 0.497 e. The summed E-state index contributed by atoms with van der Waals surface area (Å²) in [6, 6.07) is 7.39. The maximum absolute atomic E-state index is 11.6. The molecule has 0 heterocycles. The van der Waals surface area contributed by atoms with Crippen LogP contribution in [0.1, 0.15) is 13.8 Å². The van der Waals surface area contributed by atoms with Crippen LogP contribution in [0, 0.1) is 0 Å². The summed E-state index contributed by atoms with van der Waals surface area (Å²) in [5.41, 5.74) is 0.893. The number of hydrogen-bond acceptors (Lipinski definition) is 4. The van der Waals surface area contributed by atoms with Crippen molar-refractivity contribution in [3.05, 3.63) is 24.3 Å². The van der Waals surface area contributed by atoms with Gasteiger partial charge < -0.3 is 10.1 Å². The first-order chi connectivity index (χ1) is 7.95. The minimum atomic E-state index is -2.97. The van der Waals surface area contributed by atoms with Crippen molar-refractivity contribution in [2.45, 2.75) is 19.1 Å². The molecule has 0 spiro atoms. The van der Waals surface area contributed by atoms with Crippen molar-refractivity contribution < 1.29 is 13.2 Å². The molecule has 1 rings (SSSR count).